The van der Waals surface area contributed by atoms with Crippen LogP contribution in [-0.2, 0) is 4.79 Å². The third-order valence-electron chi connectivity index (χ3n) is 6.98. The summed E-state index contributed by atoms with van der Waals surface area (Å²) in [4.78, 5) is 10.9. The molecule has 3 nitrogen and oxygen atoms in total. The van der Waals surface area contributed by atoms with Crippen LogP contribution in [0.2, 0.25) is 0 Å². The van der Waals surface area contributed by atoms with Crippen LogP contribution in [0.3, 0.4) is 0 Å². The first kappa shape index (κ1) is 18.5. The molecule has 23 heavy (non-hydrogen) atoms. The zero-order valence-corrected chi connectivity index (χ0v) is 15.1. The number of hydrogen-bond acceptors (Lipinski definition) is 2. The van der Waals surface area contributed by atoms with Gasteiger partial charge in [0.25, 0.3) is 0 Å². The molecule has 5 atom stereocenters. The Morgan fingerprint density at radius 3 is 2.70 bits per heavy atom. The maximum Gasteiger partial charge on any atom is 0.303 e. The van der Waals surface area contributed by atoms with E-state index in [0.29, 0.717) is 11.8 Å². The molecule has 132 valence electrons. The Labute approximate surface area is 141 Å². The highest BCUT2D eigenvalue weighted by Gasteiger charge is 2.53. The van der Waals surface area contributed by atoms with Crippen LogP contribution in [0, 0.1) is 28.6 Å². The molecule has 0 aromatic rings. The Bertz CT molecular complexity index is 458. The average Bonchev–Trinajstić information content (AvgIpc) is 2.45. The van der Waals surface area contributed by atoms with E-state index in [1.807, 2.05) is 6.92 Å². The maximum absolute atomic E-state index is 10.9. The molecule has 0 heterocycles. The van der Waals surface area contributed by atoms with Crippen LogP contribution in [0.5, 0.6) is 0 Å². The highest BCUT2D eigenvalue weighted by Crippen LogP contribution is 2.61. The summed E-state index contributed by atoms with van der Waals surface area (Å²) in [7, 11) is 0. The molecule has 0 aliphatic heterocycles. The highest BCUT2D eigenvalue weighted by molar-refractivity contribution is 5.66. The molecular weight excluding hydrogens is 288 g/mol. The summed E-state index contributed by atoms with van der Waals surface area (Å²) in [6.45, 7) is 11.3. The lowest BCUT2D eigenvalue weighted by atomic mass is 9.46. The molecule has 0 unspecified atom stereocenters. The predicted molar refractivity (Wildman–Crippen MR) is 93.2 cm³/mol. The van der Waals surface area contributed by atoms with Gasteiger partial charge >= 0.3 is 5.97 Å². The third-order valence-corrected chi connectivity index (χ3v) is 6.98. The summed E-state index contributed by atoms with van der Waals surface area (Å²) >= 11 is 0. The van der Waals surface area contributed by atoms with Gasteiger partial charge in [0.1, 0.15) is 0 Å². The first-order valence-corrected chi connectivity index (χ1v) is 9.23. The summed E-state index contributed by atoms with van der Waals surface area (Å²) in [5.41, 5.74) is 1.61. The van der Waals surface area contributed by atoms with Gasteiger partial charge in [0.15, 0.2) is 0 Å². The second-order valence-corrected chi connectivity index (χ2v) is 8.75. The monoisotopic (exact) mass is 322 g/mol. The van der Waals surface area contributed by atoms with E-state index < -0.39 is 5.97 Å². The molecule has 0 aromatic carbocycles. The SMILES string of the molecule is C=C1CC[C@H]2[C@@](C)(CO)CCC[C@]2(C)[C@H]1CC[C@H](C)CC(=O)O. The van der Waals surface area contributed by atoms with Crippen molar-refractivity contribution >= 4 is 5.97 Å². The van der Waals surface area contributed by atoms with Crippen LogP contribution in [-0.4, -0.2) is 22.8 Å². The number of carboxylic acids is 1. The van der Waals surface area contributed by atoms with E-state index in [1.54, 1.807) is 0 Å². The maximum atomic E-state index is 10.9. The summed E-state index contributed by atoms with van der Waals surface area (Å²) in [6, 6.07) is 0. The van der Waals surface area contributed by atoms with E-state index in [-0.39, 0.29) is 29.8 Å². The summed E-state index contributed by atoms with van der Waals surface area (Å²) in [6.07, 6.45) is 7.98. The van der Waals surface area contributed by atoms with Crippen LogP contribution < -0.4 is 0 Å². The largest absolute Gasteiger partial charge is 0.481 e. The second-order valence-electron chi connectivity index (χ2n) is 8.75. The lowest BCUT2D eigenvalue weighted by molar-refractivity contribution is -0.138. The molecule has 0 saturated heterocycles. The Hall–Kier alpha value is -0.830. The Kier molecular flexibility index (Phi) is 5.60. The van der Waals surface area contributed by atoms with Crippen molar-refractivity contribution in [3.63, 3.8) is 0 Å². The minimum absolute atomic E-state index is 0.0403. The van der Waals surface area contributed by atoms with E-state index in [0.717, 1.165) is 32.1 Å². The van der Waals surface area contributed by atoms with Gasteiger partial charge in [-0.05, 0) is 67.1 Å². The fourth-order valence-corrected chi connectivity index (χ4v) is 5.66. The van der Waals surface area contributed by atoms with Gasteiger partial charge in [0.05, 0.1) is 0 Å². The van der Waals surface area contributed by atoms with Gasteiger partial charge in [-0.3, -0.25) is 4.79 Å². The van der Waals surface area contributed by atoms with Crippen molar-refractivity contribution in [1.29, 1.82) is 0 Å². The molecule has 0 amide bonds. The molecule has 3 heteroatoms. The topological polar surface area (TPSA) is 57.5 Å². The highest BCUT2D eigenvalue weighted by atomic mass is 16.4. The van der Waals surface area contributed by atoms with Crippen LogP contribution in [0.15, 0.2) is 12.2 Å². The van der Waals surface area contributed by atoms with Gasteiger partial charge in [-0.25, -0.2) is 0 Å². The van der Waals surface area contributed by atoms with Crippen LogP contribution in [0.25, 0.3) is 0 Å². The molecule has 2 fully saturated rings. The molecule has 2 aliphatic carbocycles. The van der Waals surface area contributed by atoms with Gasteiger partial charge in [0.2, 0.25) is 0 Å². The molecule has 0 radical (unpaired) electrons. The summed E-state index contributed by atoms with van der Waals surface area (Å²) in [5, 5.41) is 19.0. The van der Waals surface area contributed by atoms with Crippen molar-refractivity contribution in [3.05, 3.63) is 12.2 Å². The zero-order chi connectivity index (χ0) is 17.3. The molecule has 2 saturated carbocycles. The normalized spacial score (nSPS) is 38.9. The molecule has 2 rings (SSSR count). The zero-order valence-electron chi connectivity index (χ0n) is 15.1. The Morgan fingerprint density at radius 1 is 1.39 bits per heavy atom. The van der Waals surface area contributed by atoms with Gasteiger partial charge in [-0.1, -0.05) is 39.3 Å². The van der Waals surface area contributed by atoms with Gasteiger partial charge < -0.3 is 10.2 Å². The Balaban J connectivity index is 2.14. The first-order chi connectivity index (χ1) is 10.7. The third kappa shape index (κ3) is 3.65. The average molecular weight is 322 g/mol. The minimum Gasteiger partial charge on any atom is -0.481 e. The van der Waals surface area contributed by atoms with Crippen LogP contribution in [0.4, 0.5) is 0 Å². The number of carbonyl (C=O) groups is 1. The Morgan fingerprint density at radius 2 is 2.09 bits per heavy atom. The number of allylic oxidation sites excluding steroid dienone is 1. The van der Waals surface area contributed by atoms with Crippen molar-refractivity contribution < 1.29 is 15.0 Å². The number of aliphatic carboxylic acids is 1. The van der Waals surface area contributed by atoms with Crippen molar-refractivity contribution in [2.24, 2.45) is 28.6 Å². The quantitative estimate of drug-likeness (QED) is 0.700. The van der Waals surface area contributed by atoms with E-state index >= 15 is 0 Å². The van der Waals surface area contributed by atoms with Crippen molar-refractivity contribution in [1.82, 2.24) is 0 Å². The molecule has 2 aliphatic rings. The summed E-state index contributed by atoms with van der Waals surface area (Å²) in [5.74, 6) is 0.550. The lowest BCUT2D eigenvalue weighted by Crippen LogP contribution is -2.51. The van der Waals surface area contributed by atoms with Gasteiger partial charge in [-0.2, -0.15) is 0 Å². The standard InChI is InChI=1S/C20H34O3/c1-14(12-18(22)23)6-8-16-15(2)7-9-17-19(3,13-21)10-5-11-20(16,17)4/h14,16-17,21H,2,5-13H2,1,3-4H3,(H,22,23)/t14-,16-,17-,19+,20+/m0/s1. The van der Waals surface area contributed by atoms with Crippen LogP contribution >= 0.6 is 0 Å². The van der Waals surface area contributed by atoms with Crippen molar-refractivity contribution in [2.45, 2.75) is 72.1 Å². The van der Waals surface area contributed by atoms with Gasteiger partial charge in [-0.15, -0.1) is 0 Å². The first-order valence-electron chi connectivity index (χ1n) is 9.23. The van der Waals surface area contributed by atoms with E-state index in [9.17, 15) is 9.90 Å². The second kappa shape index (κ2) is 6.96. The van der Waals surface area contributed by atoms with Crippen LogP contribution in [0.1, 0.15) is 72.1 Å². The molecule has 2 N–H and O–H groups in total. The number of aliphatic hydroxyl groups excluding tert-OH is 1. The lowest BCUT2D eigenvalue weighted by Gasteiger charge is -2.58. The number of fused-ring (bicyclic) bond motifs is 1. The van der Waals surface area contributed by atoms with Crippen molar-refractivity contribution in [3.8, 4) is 0 Å². The van der Waals surface area contributed by atoms with Crippen molar-refractivity contribution in [2.75, 3.05) is 6.61 Å². The molecule has 0 aromatic heterocycles. The van der Waals surface area contributed by atoms with E-state index in [2.05, 4.69) is 20.4 Å². The summed E-state index contributed by atoms with van der Waals surface area (Å²) < 4.78 is 0. The van der Waals surface area contributed by atoms with E-state index in [1.165, 1.54) is 18.4 Å². The number of carboxylic acid groups (broad SMARTS) is 1. The van der Waals surface area contributed by atoms with E-state index in [4.69, 9.17) is 5.11 Å². The minimum atomic E-state index is -0.699. The predicted octanol–water partition coefficient (Wildman–Crippen LogP) is 4.65. The number of hydrogen-bond donors (Lipinski definition) is 2. The smallest absolute Gasteiger partial charge is 0.303 e. The fourth-order valence-electron chi connectivity index (χ4n) is 5.66. The molecular formula is C20H34O3. The molecule has 0 spiro atoms. The van der Waals surface area contributed by atoms with Gasteiger partial charge in [0, 0.05) is 13.0 Å². The number of aliphatic hydroxyl groups is 1. The number of rotatable bonds is 6. The molecule has 0 bridgehead atoms. The fraction of sp³-hybridized carbons (Fsp3) is 0.850.